The van der Waals surface area contributed by atoms with E-state index in [2.05, 4.69) is 46.3 Å². The Morgan fingerprint density at radius 2 is 1.76 bits per heavy atom. The highest BCUT2D eigenvalue weighted by molar-refractivity contribution is 5.81. The van der Waals surface area contributed by atoms with Crippen LogP contribution in [0.3, 0.4) is 0 Å². The predicted octanol–water partition coefficient (Wildman–Crippen LogP) is 2.95. The molecule has 2 aliphatic rings. The highest BCUT2D eigenvalue weighted by Gasteiger charge is 2.44. The zero-order valence-corrected chi connectivity index (χ0v) is 17.3. The number of hydrogen-bond acceptors (Lipinski definition) is 4. The lowest BCUT2D eigenvalue weighted by Gasteiger charge is -2.49. The maximum absolute atomic E-state index is 12.7. The Hall–Kier alpha value is -2.24. The van der Waals surface area contributed by atoms with Gasteiger partial charge >= 0.3 is 0 Å². The van der Waals surface area contributed by atoms with Crippen LogP contribution in [0.1, 0.15) is 30.9 Å². The van der Waals surface area contributed by atoms with Gasteiger partial charge in [0.1, 0.15) is 6.10 Å². The van der Waals surface area contributed by atoms with E-state index in [-0.39, 0.29) is 17.6 Å². The van der Waals surface area contributed by atoms with E-state index in [1.807, 2.05) is 24.1 Å². The number of morpholine rings is 1. The lowest BCUT2D eigenvalue weighted by molar-refractivity contribution is -0.189. The number of pyridine rings is 1. The van der Waals surface area contributed by atoms with Crippen molar-refractivity contribution in [3.8, 4) is 0 Å². The topological polar surface area (TPSA) is 45.7 Å². The molecule has 2 aromatic rings. The second-order valence-electron chi connectivity index (χ2n) is 8.39. The average molecular weight is 394 g/mol. The van der Waals surface area contributed by atoms with Crippen LogP contribution in [0.15, 0.2) is 54.9 Å². The molecule has 2 saturated heterocycles. The van der Waals surface area contributed by atoms with Crippen molar-refractivity contribution < 1.29 is 9.53 Å². The van der Waals surface area contributed by atoms with Gasteiger partial charge in [-0.3, -0.25) is 9.78 Å². The summed E-state index contributed by atoms with van der Waals surface area (Å²) >= 11 is 0. The van der Waals surface area contributed by atoms with Crippen molar-refractivity contribution in [1.82, 2.24) is 14.8 Å². The van der Waals surface area contributed by atoms with Crippen LogP contribution < -0.4 is 0 Å². The van der Waals surface area contributed by atoms with Gasteiger partial charge in [0.05, 0.1) is 5.60 Å². The van der Waals surface area contributed by atoms with E-state index >= 15 is 0 Å². The third-order valence-corrected chi connectivity index (χ3v) is 6.29. The first-order valence-electron chi connectivity index (χ1n) is 10.8. The molecule has 0 N–H and O–H groups in total. The molecular weight excluding hydrogens is 362 g/mol. The van der Waals surface area contributed by atoms with Crippen molar-refractivity contribution in [3.05, 3.63) is 66.0 Å². The molecule has 5 heteroatoms. The van der Waals surface area contributed by atoms with Crippen LogP contribution in [0.25, 0.3) is 0 Å². The number of hydrogen-bond donors (Lipinski definition) is 0. The highest BCUT2D eigenvalue weighted by atomic mass is 16.5. The standard InChI is InChI=1S/C24H31N3O2/c1-20-23(28)27(15-10-22-8-5-13-25-18-22)19-24(29-20)11-16-26(17-12-24)14-9-21-6-3-2-4-7-21/h2-8,13,18,20H,9-12,14-17,19H2,1H3. The summed E-state index contributed by atoms with van der Waals surface area (Å²) in [6.45, 7) is 6.50. The second-order valence-corrected chi connectivity index (χ2v) is 8.39. The van der Waals surface area contributed by atoms with Crippen LogP contribution in [0.5, 0.6) is 0 Å². The summed E-state index contributed by atoms with van der Waals surface area (Å²) < 4.78 is 6.29. The van der Waals surface area contributed by atoms with Gasteiger partial charge in [0, 0.05) is 45.1 Å². The number of amides is 1. The number of aromatic nitrogens is 1. The first-order chi connectivity index (χ1) is 14.1. The maximum atomic E-state index is 12.7. The molecule has 1 amide bonds. The number of likely N-dealkylation sites (tertiary alicyclic amines) is 1. The molecule has 0 aliphatic carbocycles. The summed E-state index contributed by atoms with van der Waals surface area (Å²) in [5.41, 5.74) is 2.37. The number of carbonyl (C=O) groups is 1. The zero-order chi connectivity index (χ0) is 20.1. The number of ether oxygens (including phenoxy) is 1. The molecule has 5 nitrogen and oxygen atoms in total. The highest BCUT2D eigenvalue weighted by Crippen LogP contribution is 2.33. The van der Waals surface area contributed by atoms with Crippen LogP contribution in [-0.2, 0) is 22.4 Å². The van der Waals surface area contributed by atoms with Crippen molar-refractivity contribution in [3.63, 3.8) is 0 Å². The van der Waals surface area contributed by atoms with E-state index < -0.39 is 0 Å². The lowest BCUT2D eigenvalue weighted by Crippen LogP contribution is -2.61. The Bertz CT molecular complexity index is 788. The molecule has 3 heterocycles. The fraction of sp³-hybridized carbons (Fsp3) is 0.500. The molecule has 0 saturated carbocycles. The van der Waals surface area contributed by atoms with Crippen LogP contribution in [-0.4, -0.2) is 65.1 Å². The van der Waals surface area contributed by atoms with E-state index in [1.54, 1.807) is 6.20 Å². The van der Waals surface area contributed by atoms with Crippen molar-refractivity contribution in [2.24, 2.45) is 0 Å². The predicted molar refractivity (Wildman–Crippen MR) is 114 cm³/mol. The quantitative estimate of drug-likeness (QED) is 0.757. The van der Waals surface area contributed by atoms with Gasteiger partial charge in [0.2, 0.25) is 0 Å². The number of rotatable bonds is 6. The normalized spacial score (nSPS) is 22.2. The van der Waals surface area contributed by atoms with Gasteiger partial charge in [0.15, 0.2) is 0 Å². The van der Waals surface area contributed by atoms with Crippen molar-refractivity contribution in [2.45, 2.75) is 44.3 Å². The second kappa shape index (κ2) is 9.06. The Morgan fingerprint density at radius 1 is 1.03 bits per heavy atom. The van der Waals surface area contributed by atoms with Gasteiger partial charge in [-0.2, -0.15) is 0 Å². The van der Waals surface area contributed by atoms with Crippen LogP contribution >= 0.6 is 0 Å². The Morgan fingerprint density at radius 3 is 2.48 bits per heavy atom. The SMILES string of the molecule is CC1OC2(CCN(CCc3ccccc3)CC2)CN(CCc2cccnc2)C1=O. The fourth-order valence-electron chi connectivity index (χ4n) is 4.54. The first kappa shape index (κ1) is 20.0. The molecule has 0 bridgehead atoms. The van der Waals surface area contributed by atoms with Crippen LogP contribution in [0, 0.1) is 0 Å². The van der Waals surface area contributed by atoms with Gasteiger partial charge < -0.3 is 14.5 Å². The van der Waals surface area contributed by atoms with Crippen molar-refractivity contribution in [2.75, 3.05) is 32.7 Å². The minimum atomic E-state index is -0.353. The molecule has 1 aromatic heterocycles. The molecule has 1 unspecified atom stereocenters. The molecule has 0 radical (unpaired) electrons. The monoisotopic (exact) mass is 393 g/mol. The largest absolute Gasteiger partial charge is 0.360 e. The number of nitrogens with zero attached hydrogens (tertiary/aromatic N) is 3. The maximum Gasteiger partial charge on any atom is 0.251 e. The minimum Gasteiger partial charge on any atom is -0.360 e. The average Bonchev–Trinajstić information content (AvgIpc) is 2.76. The summed E-state index contributed by atoms with van der Waals surface area (Å²) in [5.74, 6) is 0.117. The third kappa shape index (κ3) is 5.03. The fourth-order valence-corrected chi connectivity index (χ4v) is 4.54. The molecule has 29 heavy (non-hydrogen) atoms. The molecule has 4 rings (SSSR count). The van der Waals surface area contributed by atoms with Crippen LogP contribution in [0.4, 0.5) is 0 Å². The van der Waals surface area contributed by atoms with E-state index in [0.29, 0.717) is 6.54 Å². The summed E-state index contributed by atoms with van der Waals surface area (Å²) in [4.78, 5) is 21.4. The molecule has 2 aliphatic heterocycles. The molecule has 1 atom stereocenters. The minimum absolute atomic E-state index is 0.117. The molecule has 1 spiro atoms. The van der Waals surface area contributed by atoms with Gasteiger partial charge in [-0.25, -0.2) is 0 Å². The lowest BCUT2D eigenvalue weighted by atomic mass is 9.88. The van der Waals surface area contributed by atoms with Gasteiger partial charge in [0.25, 0.3) is 5.91 Å². The van der Waals surface area contributed by atoms with Crippen molar-refractivity contribution in [1.29, 1.82) is 0 Å². The molecule has 154 valence electrons. The molecule has 1 aromatic carbocycles. The Kier molecular flexibility index (Phi) is 6.26. The Labute approximate surface area is 173 Å². The van der Waals surface area contributed by atoms with E-state index in [4.69, 9.17) is 4.74 Å². The molecular formula is C24H31N3O2. The Balaban J connectivity index is 1.31. The van der Waals surface area contributed by atoms with Gasteiger partial charge in [-0.1, -0.05) is 36.4 Å². The number of carbonyl (C=O) groups excluding carboxylic acids is 1. The zero-order valence-electron chi connectivity index (χ0n) is 17.3. The summed E-state index contributed by atoms with van der Waals surface area (Å²) in [6, 6.07) is 14.7. The van der Waals surface area contributed by atoms with E-state index in [0.717, 1.165) is 51.9 Å². The van der Waals surface area contributed by atoms with Crippen LogP contribution in [0.2, 0.25) is 0 Å². The third-order valence-electron chi connectivity index (χ3n) is 6.29. The smallest absolute Gasteiger partial charge is 0.251 e. The molecule has 2 fully saturated rings. The number of benzene rings is 1. The van der Waals surface area contributed by atoms with E-state index in [9.17, 15) is 4.79 Å². The van der Waals surface area contributed by atoms with Gasteiger partial charge in [-0.05, 0) is 49.8 Å². The summed E-state index contributed by atoms with van der Waals surface area (Å²) in [5, 5.41) is 0. The summed E-state index contributed by atoms with van der Waals surface area (Å²) in [6.07, 6.45) is 7.22. The number of piperidine rings is 1. The van der Waals surface area contributed by atoms with Gasteiger partial charge in [-0.15, -0.1) is 0 Å². The first-order valence-corrected chi connectivity index (χ1v) is 10.8. The van der Waals surface area contributed by atoms with Crippen molar-refractivity contribution >= 4 is 5.91 Å². The summed E-state index contributed by atoms with van der Waals surface area (Å²) in [7, 11) is 0. The van der Waals surface area contributed by atoms with E-state index in [1.165, 1.54) is 11.1 Å².